The van der Waals surface area contributed by atoms with Crippen molar-refractivity contribution in [2.45, 2.75) is 24.4 Å². The summed E-state index contributed by atoms with van der Waals surface area (Å²) in [4.78, 5) is 4.17. The summed E-state index contributed by atoms with van der Waals surface area (Å²) in [6, 6.07) is 2.09. The number of hydrogen-bond acceptors (Lipinski definition) is 3. The molecule has 1 unspecified atom stereocenters. The standard InChI is InChI=1S/C14H15ClF2N2O2/c1-20-14(2-3-21-8-14)7-19-11-5-9(16)4-10(17)13(11)18-12(19)6-15/h4-5H,2-3,6-8H2,1H3. The van der Waals surface area contributed by atoms with Gasteiger partial charge in [0.2, 0.25) is 0 Å². The molecule has 1 aromatic heterocycles. The Hall–Kier alpha value is -1.24. The molecule has 0 N–H and O–H groups in total. The lowest BCUT2D eigenvalue weighted by atomic mass is 10.0. The van der Waals surface area contributed by atoms with Gasteiger partial charge in [0.1, 0.15) is 22.8 Å². The fraction of sp³-hybridized carbons (Fsp3) is 0.500. The first-order chi connectivity index (χ1) is 10.1. The van der Waals surface area contributed by atoms with Crippen LogP contribution in [0.5, 0.6) is 0 Å². The molecule has 0 aliphatic carbocycles. The molecule has 114 valence electrons. The van der Waals surface area contributed by atoms with Crippen molar-refractivity contribution in [3.05, 3.63) is 29.6 Å². The summed E-state index contributed by atoms with van der Waals surface area (Å²) in [5.41, 5.74) is -0.0132. The summed E-state index contributed by atoms with van der Waals surface area (Å²) in [5, 5.41) is 0. The Kier molecular flexibility index (Phi) is 3.86. The Morgan fingerprint density at radius 1 is 1.48 bits per heavy atom. The maximum Gasteiger partial charge on any atom is 0.153 e. The second-order valence-corrected chi connectivity index (χ2v) is 5.46. The maximum atomic E-state index is 13.9. The van der Waals surface area contributed by atoms with Crippen LogP contribution in [0, 0.1) is 11.6 Å². The van der Waals surface area contributed by atoms with Crippen LogP contribution in [0.25, 0.3) is 11.0 Å². The molecule has 2 aromatic rings. The molecule has 4 nitrogen and oxygen atoms in total. The number of hydrogen-bond donors (Lipinski definition) is 0. The minimum Gasteiger partial charge on any atom is -0.378 e. The van der Waals surface area contributed by atoms with Crippen LogP contribution in [0.4, 0.5) is 8.78 Å². The van der Waals surface area contributed by atoms with E-state index >= 15 is 0 Å². The van der Waals surface area contributed by atoms with E-state index in [1.54, 1.807) is 11.7 Å². The van der Waals surface area contributed by atoms with Gasteiger partial charge >= 0.3 is 0 Å². The molecule has 2 heterocycles. The van der Waals surface area contributed by atoms with Crippen LogP contribution in [-0.2, 0) is 21.9 Å². The molecule has 0 saturated carbocycles. The van der Waals surface area contributed by atoms with E-state index in [1.165, 1.54) is 6.07 Å². The molecule has 1 fully saturated rings. The number of nitrogens with zero attached hydrogens (tertiary/aromatic N) is 2. The van der Waals surface area contributed by atoms with Gasteiger partial charge in [-0.2, -0.15) is 0 Å². The van der Waals surface area contributed by atoms with Gasteiger partial charge in [0.25, 0.3) is 0 Å². The average molecular weight is 317 g/mol. The highest BCUT2D eigenvalue weighted by atomic mass is 35.5. The van der Waals surface area contributed by atoms with Crippen LogP contribution < -0.4 is 0 Å². The molecule has 1 aliphatic rings. The van der Waals surface area contributed by atoms with Crippen molar-refractivity contribution in [3.63, 3.8) is 0 Å². The number of aromatic nitrogens is 2. The maximum absolute atomic E-state index is 13.9. The molecule has 0 radical (unpaired) electrons. The lowest BCUT2D eigenvalue weighted by Crippen LogP contribution is -2.37. The molecule has 7 heteroatoms. The number of ether oxygens (including phenoxy) is 2. The lowest BCUT2D eigenvalue weighted by molar-refractivity contribution is -0.0291. The molecule has 0 amide bonds. The SMILES string of the molecule is COC1(Cn2c(CCl)nc3c(F)cc(F)cc32)CCOC1. The first kappa shape index (κ1) is 14.7. The molecule has 0 spiro atoms. The molecule has 21 heavy (non-hydrogen) atoms. The van der Waals surface area contributed by atoms with Gasteiger partial charge in [-0.25, -0.2) is 13.8 Å². The number of imidazole rings is 1. The first-order valence-corrected chi connectivity index (χ1v) is 7.15. The van der Waals surface area contributed by atoms with Crippen molar-refractivity contribution in [1.29, 1.82) is 0 Å². The van der Waals surface area contributed by atoms with Gasteiger partial charge in [0, 0.05) is 26.2 Å². The highest BCUT2D eigenvalue weighted by molar-refractivity contribution is 6.16. The third-order valence-corrected chi connectivity index (χ3v) is 4.16. The van der Waals surface area contributed by atoms with Crippen molar-refractivity contribution >= 4 is 22.6 Å². The van der Waals surface area contributed by atoms with E-state index in [0.717, 1.165) is 6.07 Å². The highest BCUT2D eigenvalue weighted by Crippen LogP contribution is 2.29. The number of methoxy groups -OCH3 is 1. The van der Waals surface area contributed by atoms with Crippen LogP contribution in [0.1, 0.15) is 12.2 Å². The monoisotopic (exact) mass is 316 g/mol. The molecule has 0 bridgehead atoms. The molecule has 1 saturated heterocycles. The van der Waals surface area contributed by atoms with Crippen LogP contribution >= 0.6 is 11.6 Å². The van der Waals surface area contributed by atoms with Gasteiger partial charge in [0.05, 0.1) is 24.5 Å². The smallest absolute Gasteiger partial charge is 0.153 e. The number of fused-ring (bicyclic) bond motifs is 1. The van der Waals surface area contributed by atoms with E-state index < -0.39 is 17.2 Å². The minimum atomic E-state index is -0.691. The van der Waals surface area contributed by atoms with Crippen LogP contribution in [0.3, 0.4) is 0 Å². The molecule has 1 aliphatic heterocycles. The third-order valence-electron chi connectivity index (χ3n) is 3.92. The summed E-state index contributed by atoms with van der Waals surface area (Å²) < 4.78 is 40.0. The lowest BCUT2D eigenvalue weighted by Gasteiger charge is -2.27. The summed E-state index contributed by atoms with van der Waals surface area (Å²) in [6.45, 7) is 1.42. The van der Waals surface area contributed by atoms with Crippen molar-refractivity contribution in [2.75, 3.05) is 20.3 Å². The normalized spacial score (nSPS) is 22.3. The van der Waals surface area contributed by atoms with Crippen molar-refractivity contribution < 1.29 is 18.3 Å². The second-order valence-electron chi connectivity index (χ2n) is 5.19. The van der Waals surface area contributed by atoms with Crippen LogP contribution in [0.2, 0.25) is 0 Å². The van der Waals surface area contributed by atoms with E-state index in [4.69, 9.17) is 21.1 Å². The predicted octanol–water partition coefficient (Wildman–Crippen LogP) is 2.86. The van der Waals surface area contributed by atoms with Crippen molar-refractivity contribution in [2.24, 2.45) is 0 Å². The Labute approximate surface area is 125 Å². The molecular formula is C14H15ClF2N2O2. The largest absolute Gasteiger partial charge is 0.378 e. The first-order valence-electron chi connectivity index (χ1n) is 6.61. The summed E-state index contributed by atoms with van der Waals surface area (Å²) in [5.74, 6) is -0.740. The highest BCUT2D eigenvalue weighted by Gasteiger charge is 2.36. The van der Waals surface area contributed by atoms with Crippen LogP contribution in [0.15, 0.2) is 12.1 Å². The van der Waals surface area contributed by atoms with Crippen molar-refractivity contribution in [1.82, 2.24) is 9.55 Å². The summed E-state index contributed by atoms with van der Waals surface area (Å²) in [7, 11) is 1.61. The number of halogens is 3. The molecule has 1 aromatic carbocycles. The second kappa shape index (κ2) is 5.51. The Balaban J connectivity index is 2.12. The summed E-state index contributed by atoms with van der Waals surface area (Å²) >= 11 is 5.90. The van der Waals surface area contributed by atoms with E-state index in [-0.39, 0.29) is 11.4 Å². The molecular weight excluding hydrogens is 302 g/mol. The van der Waals surface area contributed by atoms with Crippen LogP contribution in [-0.4, -0.2) is 35.5 Å². The minimum absolute atomic E-state index is 0.108. The zero-order valence-electron chi connectivity index (χ0n) is 11.5. The van der Waals surface area contributed by atoms with Gasteiger partial charge in [-0.1, -0.05) is 0 Å². The Morgan fingerprint density at radius 3 is 2.90 bits per heavy atom. The fourth-order valence-electron chi connectivity index (χ4n) is 2.70. The van der Waals surface area contributed by atoms with E-state index in [1.807, 2.05) is 0 Å². The average Bonchev–Trinajstić information content (AvgIpc) is 3.06. The fourth-order valence-corrected chi connectivity index (χ4v) is 2.91. The summed E-state index contributed by atoms with van der Waals surface area (Å²) in [6.07, 6.45) is 0.711. The molecule has 1 atom stereocenters. The van der Waals surface area contributed by atoms with Gasteiger partial charge in [0.15, 0.2) is 5.82 Å². The zero-order valence-corrected chi connectivity index (χ0v) is 12.3. The number of rotatable bonds is 4. The predicted molar refractivity (Wildman–Crippen MR) is 74.4 cm³/mol. The van der Waals surface area contributed by atoms with Gasteiger partial charge in [-0.05, 0) is 6.07 Å². The van der Waals surface area contributed by atoms with Gasteiger partial charge in [-0.3, -0.25) is 0 Å². The van der Waals surface area contributed by atoms with Gasteiger partial charge < -0.3 is 14.0 Å². The third kappa shape index (κ3) is 2.52. The van der Waals surface area contributed by atoms with Crippen molar-refractivity contribution in [3.8, 4) is 0 Å². The Morgan fingerprint density at radius 2 is 2.29 bits per heavy atom. The zero-order chi connectivity index (χ0) is 15.0. The number of alkyl halides is 1. The Bertz CT molecular complexity index is 669. The van der Waals surface area contributed by atoms with E-state index in [2.05, 4.69) is 4.98 Å². The molecule has 3 rings (SSSR count). The van der Waals surface area contributed by atoms with Gasteiger partial charge in [-0.15, -0.1) is 11.6 Å². The topological polar surface area (TPSA) is 36.3 Å². The van der Waals surface area contributed by atoms with E-state index in [0.29, 0.717) is 37.5 Å². The van der Waals surface area contributed by atoms with E-state index in [9.17, 15) is 8.78 Å². The quantitative estimate of drug-likeness (QED) is 0.814. The number of benzene rings is 1.